The van der Waals surface area contributed by atoms with E-state index in [9.17, 15) is 14.4 Å². The second-order valence-corrected chi connectivity index (χ2v) is 6.75. The number of hydrogen-bond donors (Lipinski definition) is 5. The summed E-state index contributed by atoms with van der Waals surface area (Å²) < 4.78 is 5.09. The topological polar surface area (TPSA) is 142 Å². The van der Waals surface area contributed by atoms with Gasteiger partial charge >= 0.3 is 12.0 Å². The average Bonchev–Trinajstić information content (AvgIpc) is 2.79. The minimum absolute atomic E-state index is 0.256. The van der Waals surface area contributed by atoms with Gasteiger partial charge in [0.1, 0.15) is 11.6 Å². The van der Waals surface area contributed by atoms with E-state index in [2.05, 4.69) is 26.3 Å². The minimum Gasteiger partial charge on any atom is -0.482 e. The number of aromatic nitrogens is 1. The Labute approximate surface area is 190 Å². The number of rotatable bonds is 9. The summed E-state index contributed by atoms with van der Waals surface area (Å²) in [6.45, 7) is 1.80. The van der Waals surface area contributed by atoms with Gasteiger partial charge in [-0.2, -0.15) is 0 Å². The maximum atomic E-state index is 13.0. The van der Waals surface area contributed by atoms with Crippen molar-refractivity contribution in [3.8, 4) is 5.75 Å². The van der Waals surface area contributed by atoms with Gasteiger partial charge in [0.15, 0.2) is 6.61 Å². The molecule has 0 saturated heterocycles. The monoisotopic (exact) mass is 449 g/mol. The third-order valence-electron chi connectivity index (χ3n) is 4.25. The van der Waals surface area contributed by atoms with Crippen molar-refractivity contribution in [2.24, 2.45) is 0 Å². The summed E-state index contributed by atoms with van der Waals surface area (Å²) in [5.41, 5.74) is 1.94. The van der Waals surface area contributed by atoms with E-state index in [0.717, 1.165) is 5.69 Å². The molecule has 10 heteroatoms. The number of carbonyl (C=O) groups excluding carboxylic acids is 2. The average molecular weight is 449 g/mol. The first-order chi connectivity index (χ1) is 15.9. The van der Waals surface area contributed by atoms with Gasteiger partial charge in [0.2, 0.25) is 0 Å². The van der Waals surface area contributed by atoms with E-state index in [1.807, 2.05) is 30.3 Å². The van der Waals surface area contributed by atoms with Crippen LogP contribution in [0.4, 0.5) is 27.7 Å². The van der Waals surface area contributed by atoms with Crippen LogP contribution < -0.4 is 26.0 Å². The molecule has 170 valence electrons. The largest absolute Gasteiger partial charge is 0.482 e. The number of aliphatic carboxylic acids is 1. The van der Waals surface area contributed by atoms with Crippen LogP contribution in [0.1, 0.15) is 17.3 Å². The van der Waals surface area contributed by atoms with Crippen molar-refractivity contribution < 1.29 is 24.2 Å². The van der Waals surface area contributed by atoms with E-state index in [1.165, 1.54) is 6.20 Å². The van der Waals surface area contributed by atoms with E-state index >= 15 is 0 Å². The molecule has 0 aliphatic carbocycles. The first-order valence-electron chi connectivity index (χ1n) is 10.1. The molecule has 2 aromatic carbocycles. The molecule has 0 aliphatic rings. The highest BCUT2D eigenvalue weighted by molar-refractivity contribution is 6.08. The molecule has 3 rings (SSSR count). The standard InChI is InChI=1S/C23H23N5O5/c1-2-24-23(32)28-20-12-19(26-15-6-4-3-5-7-15)18(13-25-20)22(31)27-16-8-10-17(11-9-16)33-14-21(29)30/h3-13H,2,14H2,1H3,(H,27,31)(H,29,30)(H3,24,25,26,28,32). The zero-order valence-corrected chi connectivity index (χ0v) is 17.8. The Morgan fingerprint density at radius 2 is 1.70 bits per heavy atom. The molecule has 0 spiro atoms. The van der Waals surface area contributed by atoms with E-state index in [1.54, 1.807) is 37.3 Å². The second-order valence-electron chi connectivity index (χ2n) is 6.75. The van der Waals surface area contributed by atoms with E-state index in [-0.39, 0.29) is 11.4 Å². The zero-order chi connectivity index (χ0) is 23.6. The van der Waals surface area contributed by atoms with Crippen LogP contribution in [0.2, 0.25) is 0 Å². The van der Waals surface area contributed by atoms with E-state index in [0.29, 0.717) is 23.7 Å². The minimum atomic E-state index is -1.08. The normalized spacial score (nSPS) is 10.1. The molecule has 0 fully saturated rings. The second kappa shape index (κ2) is 11.1. The summed E-state index contributed by atoms with van der Waals surface area (Å²) in [5.74, 6) is -0.867. The highest BCUT2D eigenvalue weighted by Gasteiger charge is 2.15. The fourth-order valence-electron chi connectivity index (χ4n) is 2.78. The predicted octanol–water partition coefficient (Wildman–Crippen LogP) is 3.68. The van der Waals surface area contributed by atoms with Crippen LogP contribution >= 0.6 is 0 Å². The van der Waals surface area contributed by atoms with Crippen molar-refractivity contribution in [3.05, 3.63) is 72.4 Å². The molecule has 10 nitrogen and oxygen atoms in total. The molecule has 0 atom stereocenters. The third kappa shape index (κ3) is 6.96. The lowest BCUT2D eigenvalue weighted by molar-refractivity contribution is -0.139. The summed E-state index contributed by atoms with van der Waals surface area (Å²) in [4.78, 5) is 39.6. The molecule has 3 amide bonds. The zero-order valence-electron chi connectivity index (χ0n) is 17.8. The molecule has 0 aliphatic heterocycles. The van der Waals surface area contributed by atoms with Crippen LogP contribution in [-0.4, -0.2) is 41.1 Å². The molecular formula is C23H23N5O5. The Kier molecular flexibility index (Phi) is 7.79. The summed E-state index contributed by atoms with van der Waals surface area (Å²) in [7, 11) is 0. The molecule has 5 N–H and O–H groups in total. The third-order valence-corrected chi connectivity index (χ3v) is 4.25. The van der Waals surface area contributed by atoms with Crippen molar-refractivity contribution >= 4 is 40.8 Å². The van der Waals surface area contributed by atoms with Crippen LogP contribution in [0.15, 0.2) is 66.9 Å². The van der Waals surface area contributed by atoms with Crippen molar-refractivity contribution in [1.29, 1.82) is 0 Å². The Hall–Kier alpha value is -4.60. The molecule has 3 aromatic rings. The Balaban J connectivity index is 1.80. The fourth-order valence-corrected chi connectivity index (χ4v) is 2.78. The van der Waals surface area contributed by atoms with E-state index < -0.39 is 24.5 Å². The maximum absolute atomic E-state index is 13.0. The number of carbonyl (C=O) groups is 3. The lowest BCUT2D eigenvalue weighted by Gasteiger charge is -2.14. The predicted molar refractivity (Wildman–Crippen MR) is 124 cm³/mol. The first-order valence-corrected chi connectivity index (χ1v) is 10.1. The smallest absolute Gasteiger partial charge is 0.341 e. The first kappa shape index (κ1) is 23.1. The van der Waals surface area contributed by atoms with Gasteiger partial charge in [-0.15, -0.1) is 0 Å². The molecule has 0 saturated carbocycles. The number of urea groups is 1. The van der Waals surface area contributed by atoms with Crippen LogP contribution in [0.5, 0.6) is 5.75 Å². The van der Waals surface area contributed by atoms with Gasteiger partial charge in [-0.3, -0.25) is 10.1 Å². The fraction of sp³-hybridized carbons (Fsp3) is 0.130. The quantitative estimate of drug-likeness (QED) is 0.335. The van der Waals surface area contributed by atoms with E-state index in [4.69, 9.17) is 9.84 Å². The lowest BCUT2D eigenvalue weighted by Crippen LogP contribution is -2.28. The highest BCUT2D eigenvalue weighted by atomic mass is 16.5. The number of nitrogens with one attached hydrogen (secondary N) is 4. The summed E-state index contributed by atoms with van der Waals surface area (Å²) in [6, 6.07) is 16.7. The van der Waals surface area contributed by atoms with Gasteiger partial charge < -0.3 is 25.8 Å². The van der Waals surface area contributed by atoms with Gasteiger partial charge in [0, 0.05) is 30.2 Å². The number of anilines is 4. The molecule has 0 radical (unpaired) electrons. The summed E-state index contributed by atoms with van der Waals surface area (Å²) >= 11 is 0. The molecule has 0 unspecified atom stereocenters. The van der Waals surface area contributed by atoms with Gasteiger partial charge in [-0.25, -0.2) is 14.6 Å². The highest BCUT2D eigenvalue weighted by Crippen LogP contribution is 2.25. The van der Waals surface area contributed by atoms with Crippen LogP contribution in [0.25, 0.3) is 0 Å². The number of hydrogen-bond acceptors (Lipinski definition) is 6. The maximum Gasteiger partial charge on any atom is 0.341 e. The number of carboxylic acid groups (broad SMARTS) is 1. The van der Waals surface area contributed by atoms with Crippen molar-refractivity contribution in [2.75, 3.05) is 29.1 Å². The SMILES string of the molecule is CCNC(=O)Nc1cc(Nc2ccccc2)c(C(=O)Nc2ccc(OCC(=O)O)cc2)cn1. The van der Waals surface area contributed by atoms with Crippen LogP contribution in [0, 0.1) is 0 Å². The van der Waals surface area contributed by atoms with Crippen molar-refractivity contribution in [1.82, 2.24) is 10.3 Å². The number of pyridine rings is 1. The van der Waals surface area contributed by atoms with Crippen molar-refractivity contribution in [2.45, 2.75) is 6.92 Å². The number of benzene rings is 2. The molecule has 0 bridgehead atoms. The number of amides is 3. The molecule has 1 aromatic heterocycles. The Bertz CT molecular complexity index is 1120. The number of nitrogens with zero attached hydrogens (tertiary/aromatic N) is 1. The van der Waals surface area contributed by atoms with Crippen LogP contribution in [-0.2, 0) is 4.79 Å². The molecule has 1 heterocycles. The number of carboxylic acids is 1. The van der Waals surface area contributed by atoms with Gasteiger partial charge in [-0.1, -0.05) is 18.2 Å². The molecule has 33 heavy (non-hydrogen) atoms. The Morgan fingerprint density at radius 1 is 0.970 bits per heavy atom. The van der Waals surface area contributed by atoms with Crippen molar-refractivity contribution in [3.63, 3.8) is 0 Å². The Morgan fingerprint density at radius 3 is 2.36 bits per heavy atom. The summed E-state index contributed by atoms with van der Waals surface area (Å²) in [6.07, 6.45) is 1.37. The number of ether oxygens (including phenoxy) is 1. The summed E-state index contributed by atoms with van der Waals surface area (Å²) in [5, 5.41) is 19.9. The van der Waals surface area contributed by atoms with Gasteiger partial charge in [-0.05, 0) is 43.3 Å². The van der Waals surface area contributed by atoms with Gasteiger partial charge in [0.05, 0.1) is 11.3 Å². The number of para-hydroxylation sites is 1. The van der Waals surface area contributed by atoms with Gasteiger partial charge in [0.25, 0.3) is 5.91 Å². The molecular weight excluding hydrogens is 426 g/mol. The van der Waals surface area contributed by atoms with Crippen LogP contribution in [0.3, 0.4) is 0 Å². The lowest BCUT2D eigenvalue weighted by atomic mass is 10.2.